The Labute approximate surface area is 50.3 Å². The van der Waals surface area contributed by atoms with Crippen LogP contribution in [0.25, 0.3) is 0 Å². The third-order valence-corrected chi connectivity index (χ3v) is 0.917. The second-order valence-corrected chi connectivity index (χ2v) is 1.71. The van der Waals surface area contributed by atoms with E-state index in [0.29, 0.717) is 5.92 Å². The van der Waals surface area contributed by atoms with Gasteiger partial charge in [-0.15, -0.1) is 6.58 Å². The van der Waals surface area contributed by atoms with Crippen LogP contribution in [0.5, 0.6) is 0 Å². The van der Waals surface area contributed by atoms with E-state index in [0.717, 1.165) is 0 Å². The molecular weight excluding hydrogens is 100 g/mol. The summed E-state index contributed by atoms with van der Waals surface area (Å²) in [6.07, 6.45) is 5.45. The monoisotopic (exact) mass is 112 g/mol. The smallest absolute Gasteiger partial charge is 0.0612 e. The normalized spacial score (nSPS) is 14.2. The van der Waals surface area contributed by atoms with Crippen LogP contribution in [0.15, 0.2) is 24.8 Å². The molecule has 0 aliphatic rings. The van der Waals surface area contributed by atoms with Crippen LogP contribution in [0.3, 0.4) is 0 Å². The molecule has 0 rings (SSSR count). The van der Waals surface area contributed by atoms with Gasteiger partial charge in [-0.05, 0) is 5.92 Å². The van der Waals surface area contributed by atoms with Gasteiger partial charge in [0.1, 0.15) is 0 Å². The van der Waals surface area contributed by atoms with Crippen LogP contribution in [0.2, 0.25) is 0 Å². The Hall–Kier alpha value is -0.560. The van der Waals surface area contributed by atoms with Crippen molar-refractivity contribution in [3.05, 3.63) is 24.8 Å². The molecule has 46 valence electrons. The highest BCUT2D eigenvalue weighted by Crippen LogP contribution is 1.95. The summed E-state index contributed by atoms with van der Waals surface area (Å²) in [7, 11) is 0. The zero-order chi connectivity index (χ0) is 6.41. The first-order valence-corrected chi connectivity index (χ1v) is 2.71. The molecule has 0 aliphatic carbocycles. The second-order valence-electron chi connectivity index (χ2n) is 1.71. The lowest BCUT2D eigenvalue weighted by molar-refractivity contribution is 0.342. The Morgan fingerprint density at radius 1 is 1.75 bits per heavy atom. The van der Waals surface area contributed by atoms with Crippen LogP contribution in [0.1, 0.15) is 6.92 Å². The number of allylic oxidation sites excluding steroid dienone is 2. The molecule has 0 heterocycles. The molecular formula is C7H12O. The van der Waals surface area contributed by atoms with Crippen LogP contribution in [-0.4, -0.2) is 11.7 Å². The van der Waals surface area contributed by atoms with Crippen molar-refractivity contribution in [2.75, 3.05) is 6.61 Å². The maximum Gasteiger partial charge on any atom is 0.0612 e. The lowest BCUT2D eigenvalue weighted by Gasteiger charge is -1.91. The van der Waals surface area contributed by atoms with Crippen molar-refractivity contribution < 1.29 is 5.11 Å². The van der Waals surface area contributed by atoms with Crippen LogP contribution in [0, 0.1) is 5.92 Å². The lowest BCUT2D eigenvalue weighted by Crippen LogP contribution is -1.81. The van der Waals surface area contributed by atoms with Gasteiger partial charge in [-0.1, -0.05) is 25.2 Å². The van der Waals surface area contributed by atoms with Gasteiger partial charge in [0.25, 0.3) is 0 Å². The van der Waals surface area contributed by atoms with Crippen LogP contribution in [0.4, 0.5) is 0 Å². The Bertz CT molecular complexity index is 84.4. The van der Waals surface area contributed by atoms with E-state index in [1.807, 2.05) is 19.1 Å². The highest BCUT2D eigenvalue weighted by Gasteiger charge is 1.82. The van der Waals surface area contributed by atoms with Gasteiger partial charge in [0.15, 0.2) is 0 Å². The van der Waals surface area contributed by atoms with Crippen molar-refractivity contribution >= 4 is 0 Å². The van der Waals surface area contributed by atoms with Gasteiger partial charge in [-0.2, -0.15) is 0 Å². The molecule has 1 N–H and O–H groups in total. The Kier molecular flexibility index (Phi) is 4.27. The highest BCUT2D eigenvalue weighted by molar-refractivity contribution is 4.94. The van der Waals surface area contributed by atoms with Crippen LogP contribution < -0.4 is 0 Å². The molecule has 1 heteroatoms. The largest absolute Gasteiger partial charge is 0.392 e. The topological polar surface area (TPSA) is 20.2 Å². The van der Waals surface area contributed by atoms with Gasteiger partial charge in [0.05, 0.1) is 6.61 Å². The Balaban J connectivity index is 3.35. The molecule has 0 aromatic carbocycles. The molecule has 0 saturated heterocycles. The standard InChI is InChI=1S/C7H12O/c1-3-7(2)5-4-6-8/h3-5,7-8H,1,6H2,2H3/b5-4+. The minimum atomic E-state index is 0.123. The Morgan fingerprint density at radius 2 is 2.38 bits per heavy atom. The maximum atomic E-state index is 8.29. The molecule has 0 saturated carbocycles. The zero-order valence-electron chi connectivity index (χ0n) is 5.17. The van der Waals surface area contributed by atoms with Crippen LogP contribution >= 0.6 is 0 Å². The van der Waals surface area contributed by atoms with Crippen molar-refractivity contribution in [1.82, 2.24) is 0 Å². The van der Waals surface area contributed by atoms with Gasteiger partial charge in [-0.3, -0.25) is 0 Å². The summed E-state index contributed by atoms with van der Waals surface area (Å²) >= 11 is 0. The van der Waals surface area contributed by atoms with Gasteiger partial charge < -0.3 is 5.11 Å². The number of hydrogen-bond donors (Lipinski definition) is 1. The first kappa shape index (κ1) is 7.44. The number of aliphatic hydroxyl groups is 1. The SMILES string of the molecule is C=CC(C)/C=C/CO. The zero-order valence-corrected chi connectivity index (χ0v) is 5.17. The van der Waals surface area contributed by atoms with Crippen molar-refractivity contribution in [2.45, 2.75) is 6.92 Å². The molecule has 1 atom stereocenters. The molecule has 0 amide bonds. The molecule has 8 heavy (non-hydrogen) atoms. The molecule has 0 aromatic heterocycles. The molecule has 0 aromatic rings. The van der Waals surface area contributed by atoms with Crippen LogP contribution in [-0.2, 0) is 0 Å². The summed E-state index contributed by atoms with van der Waals surface area (Å²) in [6.45, 7) is 5.72. The number of rotatable bonds is 3. The maximum absolute atomic E-state index is 8.29. The fraction of sp³-hybridized carbons (Fsp3) is 0.429. The van der Waals surface area contributed by atoms with Crippen molar-refractivity contribution in [2.24, 2.45) is 5.92 Å². The van der Waals surface area contributed by atoms with Gasteiger partial charge in [0.2, 0.25) is 0 Å². The van der Waals surface area contributed by atoms with Crippen molar-refractivity contribution in [3.63, 3.8) is 0 Å². The van der Waals surface area contributed by atoms with E-state index in [9.17, 15) is 0 Å². The van der Waals surface area contributed by atoms with E-state index in [4.69, 9.17) is 5.11 Å². The van der Waals surface area contributed by atoms with Gasteiger partial charge in [0, 0.05) is 0 Å². The molecule has 0 radical (unpaired) electrons. The average molecular weight is 112 g/mol. The fourth-order valence-electron chi connectivity index (χ4n) is 0.354. The summed E-state index contributed by atoms with van der Waals surface area (Å²) in [4.78, 5) is 0. The van der Waals surface area contributed by atoms with E-state index in [2.05, 4.69) is 6.58 Å². The lowest BCUT2D eigenvalue weighted by atomic mass is 10.2. The quantitative estimate of drug-likeness (QED) is 0.546. The molecule has 1 unspecified atom stereocenters. The number of aliphatic hydroxyl groups excluding tert-OH is 1. The minimum Gasteiger partial charge on any atom is -0.392 e. The summed E-state index contributed by atoms with van der Waals surface area (Å²) in [5.74, 6) is 0.377. The molecule has 0 bridgehead atoms. The molecule has 0 spiro atoms. The first-order chi connectivity index (χ1) is 3.81. The van der Waals surface area contributed by atoms with E-state index in [1.54, 1.807) is 6.08 Å². The minimum absolute atomic E-state index is 0.123. The predicted molar refractivity (Wildman–Crippen MR) is 35.6 cm³/mol. The Morgan fingerprint density at radius 3 is 2.75 bits per heavy atom. The highest BCUT2D eigenvalue weighted by atomic mass is 16.2. The third kappa shape index (κ3) is 3.62. The number of hydrogen-bond acceptors (Lipinski definition) is 1. The summed E-state index contributed by atoms with van der Waals surface area (Å²) in [5.41, 5.74) is 0. The van der Waals surface area contributed by atoms with Crippen molar-refractivity contribution in [1.29, 1.82) is 0 Å². The van der Waals surface area contributed by atoms with E-state index >= 15 is 0 Å². The summed E-state index contributed by atoms with van der Waals surface area (Å²) in [5, 5.41) is 8.29. The van der Waals surface area contributed by atoms with E-state index < -0.39 is 0 Å². The van der Waals surface area contributed by atoms with E-state index in [-0.39, 0.29) is 6.61 Å². The summed E-state index contributed by atoms with van der Waals surface area (Å²) in [6, 6.07) is 0. The van der Waals surface area contributed by atoms with Gasteiger partial charge >= 0.3 is 0 Å². The molecule has 1 nitrogen and oxygen atoms in total. The molecule has 0 fully saturated rings. The predicted octanol–water partition coefficient (Wildman–Crippen LogP) is 1.36. The average Bonchev–Trinajstić information content (AvgIpc) is 1.83. The van der Waals surface area contributed by atoms with Gasteiger partial charge in [-0.25, -0.2) is 0 Å². The first-order valence-electron chi connectivity index (χ1n) is 2.71. The summed E-state index contributed by atoms with van der Waals surface area (Å²) < 4.78 is 0. The molecule has 0 aliphatic heterocycles. The second kappa shape index (κ2) is 4.60. The van der Waals surface area contributed by atoms with E-state index in [1.165, 1.54) is 0 Å². The third-order valence-electron chi connectivity index (χ3n) is 0.917. The van der Waals surface area contributed by atoms with Crippen molar-refractivity contribution in [3.8, 4) is 0 Å². The fourth-order valence-corrected chi connectivity index (χ4v) is 0.354.